The van der Waals surface area contributed by atoms with Crippen LogP contribution >= 0.6 is 11.8 Å². The van der Waals surface area contributed by atoms with Gasteiger partial charge >= 0.3 is 0 Å². The van der Waals surface area contributed by atoms with Gasteiger partial charge in [-0.1, -0.05) is 20.8 Å². The predicted molar refractivity (Wildman–Crippen MR) is 79.7 cm³/mol. The number of hydrogen-bond donors (Lipinski definition) is 1. The van der Waals surface area contributed by atoms with E-state index < -0.39 is 0 Å². The molecule has 0 spiro atoms. The summed E-state index contributed by atoms with van der Waals surface area (Å²) in [5.74, 6) is 1.79. The summed E-state index contributed by atoms with van der Waals surface area (Å²) in [6, 6.07) is 1.98. The molecule has 18 heavy (non-hydrogen) atoms. The number of thioether (sulfide) groups is 1. The summed E-state index contributed by atoms with van der Waals surface area (Å²) in [5, 5.41) is 3.44. The molecule has 0 radical (unpaired) electrons. The van der Waals surface area contributed by atoms with Gasteiger partial charge in [-0.2, -0.15) is 0 Å². The molecule has 1 rings (SSSR count). The lowest BCUT2D eigenvalue weighted by molar-refractivity contribution is 0.421. The van der Waals surface area contributed by atoms with Gasteiger partial charge in [0.25, 0.3) is 0 Å². The molecule has 0 saturated heterocycles. The minimum atomic E-state index is 0.116. The Morgan fingerprint density at radius 3 is 2.39 bits per heavy atom. The third-order valence-electron chi connectivity index (χ3n) is 2.20. The van der Waals surface area contributed by atoms with Crippen LogP contribution in [0.25, 0.3) is 0 Å². The van der Waals surface area contributed by atoms with Crippen molar-refractivity contribution in [3.63, 3.8) is 0 Å². The Balaban J connectivity index is 2.57. The van der Waals surface area contributed by atoms with Gasteiger partial charge in [-0.25, -0.2) is 9.97 Å². The normalized spacial score (nSPS) is 12.8. The molecular formula is C14H25N3S. The molecule has 0 saturated carbocycles. The second-order valence-corrected chi connectivity index (χ2v) is 8.27. The summed E-state index contributed by atoms with van der Waals surface area (Å²) >= 11 is 1.87. The lowest BCUT2D eigenvalue weighted by Crippen LogP contribution is -2.35. The molecule has 0 atom stereocenters. The molecular weight excluding hydrogens is 242 g/mol. The van der Waals surface area contributed by atoms with Gasteiger partial charge < -0.3 is 5.32 Å². The molecule has 4 heteroatoms. The Labute approximate surface area is 115 Å². The molecule has 1 N–H and O–H groups in total. The molecule has 0 bridgehead atoms. The van der Waals surface area contributed by atoms with E-state index in [4.69, 9.17) is 0 Å². The summed E-state index contributed by atoms with van der Waals surface area (Å²) in [4.78, 5) is 8.91. The van der Waals surface area contributed by atoms with Gasteiger partial charge in [-0.15, -0.1) is 11.8 Å². The maximum atomic E-state index is 4.58. The van der Waals surface area contributed by atoms with Crippen LogP contribution in [-0.4, -0.2) is 20.3 Å². The number of rotatable bonds is 4. The van der Waals surface area contributed by atoms with E-state index in [1.54, 1.807) is 0 Å². The van der Waals surface area contributed by atoms with E-state index in [0.29, 0.717) is 0 Å². The van der Waals surface area contributed by atoms with E-state index in [0.717, 1.165) is 23.8 Å². The fourth-order valence-electron chi connectivity index (χ4n) is 1.25. The van der Waals surface area contributed by atoms with Gasteiger partial charge in [0.15, 0.2) is 0 Å². The topological polar surface area (TPSA) is 37.8 Å². The van der Waals surface area contributed by atoms with Crippen LogP contribution in [0, 0.1) is 0 Å². The van der Waals surface area contributed by atoms with E-state index >= 15 is 0 Å². The lowest BCUT2D eigenvalue weighted by Gasteiger charge is -2.20. The van der Waals surface area contributed by atoms with Crippen molar-refractivity contribution in [3.8, 4) is 0 Å². The average molecular weight is 267 g/mol. The van der Waals surface area contributed by atoms with E-state index in [-0.39, 0.29) is 10.3 Å². The Hall–Kier alpha value is -0.610. The molecule has 0 unspecified atom stereocenters. The van der Waals surface area contributed by atoms with Gasteiger partial charge in [0.05, 0.1) is 11.4 Å². The largest absolute Gasteiger partial charge is 0.306 e. The second-order valence-electron chi connectivity index (χ2n) is 6.47. The van der Waals surface area contributed by atoms with E-state index in [1.165, 1.54) is 0 Å². The van der Waals surface area contributed by atoms with Crippen LogP contribution in [0.5, 0.6) is 0 Å². The van der Waals surface area contributed by atoms with Crippen molar-refractivity contribution >= 4 is 11.8 Å². The first-order valence-electron chi connectivity index (χ1n) is 6.35. The molecule has 3 nitrogen and oxygen atoms in total. The highest BCUT2D eigenvalue weighted by Gasteiger charge is 2.12. The van der Waals surface area contributed by atoms with Crippen molar-refractivity contribution in [2.45, 2.75) is 64.1 Å². The van der Waals surface area contributed by atoms with Gasteiger partial charge in [0, 0.05) is 23.0 Å². The third-order valence-corrected chi connectivity index (χ3v) is 3.47. The monoisotopic (exact) mass is 267 g/mol. The van der Waals surface area contributed by atoms with Crippen LogP contribution in [-0.2, 0) is 12.3 Å². The zero-order valence-electron chi connectivity index (χ0n) is 12.4. The molecule has 0 aromatic carbocycles. The Morgan fingerprint density at radius 2 is 1.83 bits per heavy atom. The molecule has 1 aromatic heterocycles. The van der Waals surface area contributed by atoms with Crippen molar-refractivity contribution < 1.29 is 0 Å². The highest BCUT2D eigenvalue weighted by atomic mass is 32.2. The molecule has 1 heterocycles. The van der Waals surface area contributed by atoms with Crippen LogP contribution in [0.3, 0.4) is 0 Å². The average Bonchev–Trinajstić information content (AvgIpc) is 2.22. The van der Waals surface area contributed by atoms with Crippen molar-refractivity contribution in [2.75, 3.05) is 0 Å². The predicted octanol–water partition coefficient (Wildman–Crippen LogP) is 3.40. The third kappa shape index (κ3) is 6.97. The van der Waals surface area contributed by atoms with Crippen molar-refractivity contribution in [1.82, 2.24) is 15.3 Å². The van der Waals surface area contributed by atoms with Crippen LogP contribution in [0.2, 0.25) is 0 Å². The lowest BCUT2D eigenvalue weighted by atomic mass is 10.1. The first kappa shape index (κ1) is 15.4. The highest BCUT2D eigenvalue weighted by molar-refractivity contribution is 7.99. The minimum absolute atomic E-state index is 0.116. The van der Waals surface area contributed by atoms with Gasteiger partial charge in [0.2, 0.25) is 0 Å². The summed E-state index contributed by atoms with van der Waals surface area (Å²) in [6.07, 6.45) is 1.85. The van der Waals surface area contributed by atoms with Crippen LogP contribution in [0.1, 0.15) is 53.1 Å². The van der Waals surface area contributed by atoms with E-state index in [2.05, 4.69) is 56.8 Å². The van der Waals surface area contributed by atoms with Crippen molar-refractivity contribution in [3.05, 3.63) is 23.8 Å². The zero-order chi connectivity index (χ0) is 13.8. The number of hydrogen-bond acceptors (Lipinski definition) is 4. The Kier molecular flexibility index (Phi) is 5.17. The van der Waals surface area contributed by atoms with E-state index in [1.807, 2.05) is 24.0 Å². The SMILES string of the molecule is CC(C)(C)NCc1ccnc(CSC(C)(C)C)n1. The maximum absolute atomic E-state index is 4.58. The second kappa shape index (κ2) is 6.02. The van der Waals surface area contributed by atoms with Gasteiger partial charge in [-0.3, -0.25) is 0 Å². The number of nitrogens with zero attached hydrogens (tertiary/aromatic N) is 2. The fraction of sp³-hybridized carbons (Fsp3) is 0.714. The summed E-state index contributed by atoms with van der Waals surface area (Å²) in [6.45, 7) is 13.9. The zero-order valence-corrected chi connectivity index (χ0v) is 13.2. The van der Waals surface area contributed by atoms with Crippen molar-refractivity contribution in [1.29, 1.82) is 0 Å². The Morgan fingerprint density at radius 1 is 1.17 bits per heavy atom. The van der Waals surface area contributed by atoms with Crippen LogP contribution in [0.15, 0.2) is 12.3 Å². The number of nitrogens with one attached hydrogen (secondary N) is 1. The minimum Gasteiger partial charge on any atom is -0.306 e. The smallest absolute Gasteiger partial charge is 0.138 e. The molecule has 0 aliphatic rings. The summed E-state index contributed by atoms with van der Waals surface area (Å²) in [5.41, 5.74) is 1.18. The van der Waals surface area contributed by atoms with Crippen LogP contribution < -0.4 is 5.32 Å². The molecule has 1 aromatic rings. The van der Waals surface area contributed by atoms with Crippen molar-refractivity contribution in [2.24, 2.45) is 0 Å². The van der Waals surface area contributed by atoms with E-state index in [9.17, 15) is 0 Å². The molecule has 0 fully saturated rings. The summed E-state index contributed by atoms with van der Waals surface area (Å²) in [7, 11) is 0. The first-order chi connectivity index (χ1) is 8.16. The molecule has 0 aliphatic heterocycles. The molecule has 0 amide bonds. The maximum Gasteiger partial charge on any atom is 0.138 e. The number of aromatic nitrogens is 2. The standard InChI is InChI=1S/C14H25N3S/c1-13(2,3)16-9-11-7-8-15-12(17-11)10-18-14(4,5)6/h7-8,16H,9-10H2,1-6H3. The van der Waals surface area contributed by atoms with Crippen LogP contribution in [0.4, 0.5) is 0 Å². The quantitative estimate of drug-likeness (QED) is 0.907. The molecule has 102 valence electrons. The Bertz CT molecular complexity index is 344. The van der Waals surface area contributed by atoms with Gasteiger partial charge in [0.1, 0.15) is 5.82 Å². The fourth-order valence-corrected chi connectivity index (χ4v) is 1.95. The summed E-state index contributed by atoms with van der Waals surface area (Å²) < 4.78 is 0.253. The highest BCUT2D eigenvalue weighted by Crippen LogP contribution is 2.25. The van der Waals surface area contributed by atoms with Gasteiger partial charge in [-0.05, 0) is 26.8 Å². The first-order valence-corrected chi connectivity index (χ1v) is 7.34. The molecule has 0 aliphatic carbocycles.